The van der Waals surface area contributed by atoms with E-state index in [4.69, 9.17) is 4.42 Å². The molecule has 0 bridgehead atoms. The summed E-state index contributed by atoms with van der Waals surface area (Å²) in [5, 5.41) is 3.36. The van der Waals surface area contributed by atoms with Crippen molar-refractivity contribution in [3.8, 4) is 0 Å². The van der Waals surface area contributed by atoms with Gasteiger partial charge in [0.2, 0.25) is 0 Å². The average molecular weight is 312 g/mol. The second-order valence-electron chi connectivity index (χ2n) is 4.79. The van der Waals surface area contributed by atoms with Crippen molar-refractivity contribution >= 4 is 11.8 Å². The predicted molar refractivity (Wildman–Crippen MR) is 78.5 cm³/mol. The molecule has 6 heteroatoms. The number of hydrogen-bond donors (Lipinski definition) is 1. The van der Waals surface area contributed by atoms with E-state index in [1.54, 1.807) is 13.8 Å². The number of aryl methyl sites for hydroxylation is 2. The highest BCUT2D eigenvalue weighted by Crippen LogP contribution is 2.33. The van der Waals surface area contributed by atoms with Gasteiger partial charge in [-0.25, -0.2) is 13.8 Å². The SMILES string of the molecule is CCCNCc1cc(F)c(Sc2nc(C)c(C)o2)c(F)c1. The molecule has 2 rings (SSSR count). The van der Waals surface area contributed by atoms with Crippen LogP contribution in [0, 0.1) is 25.5 Å². The largest absolute Gasteiger partial charge is 0.436 e. The highest BCUT2D eigenvalue weighted by atomic mass is 32.2. The third kappa shape index (κ3) is 4.04. The van der Waals surface area contributed by atoms with E-state index in [-0.39, 0.29) is 10.1 Å². The molecule has 0 amide bonds. The monoisotopic (exact) mass is 312 g/mol. The van der Waals surface area contributed by atoms with Gasteiger partial charge in [-0.15, -0.1) is 0 Å². The Kier molecular flexibility index (Phi) is 5.36. The highest BCUT2D eigenvalue weighted by Gasteiger charge is 2.16. The minimum Gasteiger partial charge on any atom is -0.436 e. The van der Waals surface area contributed by atoms with Crippen molar-refractivity contribution in [3.05, 3.63) is 40.8 Å². The first-order valence-electron chi connectivity index (χ1n) is 6.81. The third-order valence-corrected chi connectivity index (χ3v) is 3.96. The Hall–Kier alpha value is -1.40. The third-order valence-electron chi connectivity index (χ3n) is 3.01. The van der Waals surface area contributed by atoms with Crippen LogP contribution in [0.5, 0.6) is 0 Å². The van der Waals surface area contributed by atoms with E-state index in [9.17, 15) is 8.78 Å². The van der Waals surface area contributed by atoms with Gasteiger partial charge in [0.25, 0.3) is 5.22 Å². The molecule has 0 aliphatic carbocycles. The lowest BCUT2D eigenvalue weighted by Crippen LogP contribution is -2.14. The zero-order chi connectivity index (χ0) is 15.4. The van der Waals surface area contributed by atoms with Crippen molar-refractivity contribution < 1.29 is 13.2 Å². The van der Waals surface area contributed by atoms with Crippen LogP contribution >= 0.6 is 11.8 Å². The van der Waals surface area contributed by atoms with E-state index in [0.29, 0.717) is 17.9 Å². The molecule has 0 saturated carbocycles. The molecular weight excluding hydrogens is 294 g/mol. The summed E-state index contributed by atoms with van der Waals surface area (Å²) in [4.78, 5) is 4.03. The number of benzene rings is 1. The van der Waals surface area contributed by atoms with Crippen LogP contribution in [0.4, 0.5) is 8.78 Å². The fraction of sp³-hybridized carbons (Fsp3) is 0.400. The molecule has 21 heavy (non-hydrogen) atoms. The molecule has 3 nitrogen and oxygen atoms in total. The molecular formula is C15H18F2N2OS. The number of aromatic nitrogens is 1. The Morgan fingerprint density at radius 1 is 1.24 bits per heavy atom. The Labute approximate surface area is 127 Å². The van der Waals surface area contributed by atoms with Gasteiger partial charge in [0.15, 0.2) is 0 Å². The van der Waals surface area contributed by atoms with Crippen LogP contribution in [0.3, 0.4) is 0 Å². The van der Waals surface area contributed by atoms with Crippen LogP contribution in [-0.4, -0.2) is 11.5 Å². The lowest BCUT2D eigenvalue weighted by atomic mass is 10.2. The first-order chi connectivity index (χ1) is 10.0. The molecule has 2 aromatic rings. The van der Waals surface area contributed by atoms with Gasteiger partial charge in [0, 0.05) is 6.54 Å². The topological polar surface area (TPSA) is 38.1 Å². The first kappa shape index (κ1) is 16.0. The lowest BCUT2D eigenvalue weighted by Gasteiger charge is -2.07. The average Bonchev–Trinajstić information content (AvgIpc) is 2.73. The number of halogens is 2. The number of rotatable bonds is 6. The number of nitrogens with one attached hydrogen (secondary N) is 1. The summed E-state index contributed by atoms with van der Waals surface area (Å²) >= 11 is 0.865. The summed E-state index contributed by atoms with van der Waals surface area (Å²) in [7, 11) is 0. The molecule has 0 fully saturated rings. The summed E-state index contributed by atoms with van der Waals surface area (Å²) in [6.45, 7) is 6.85. The minimum absolute atomic E-state index is 0.0875. The Morgan fingerprint density at radius 3 is 2.43 bits per heavy atom. The molecule has 0 aliphatic heterocycles. The second-order valence-corrected chi connectivity index (χ2v) is 5.75. The van der Waals surface area contributed by atoms with Crippen LogP contribution in [0.1, 0.15) is 30.4 Å². The molecule has 114 valence electrons. The standard InChI is InChI=1S/C15H18F2N2OS/c1-4-5-18-8-11-6-12(16)14(13(17)7-11)21-15-19-9(2)10(3)20-15/h6-7,18H,4-5,8H2,1-3H3. The fourth-order valence-electron chi connectivity index (χ4n) is 1.80. The predicted octanol–water partition coefficient (Wildman–Crippen LogP) is 4.22. The Bertz CT molecular complexity index is 586. The van der Waals surface area contributed by atoms with Crippen LogP contribution in [-0.2, 0) is 6.54 Å². The molecule has 0 aliphatic rings. The van der Waals surface area contributed by atoms with Crippen molar-refractivity contribution in [2.45, 2.75) is 43.9 Å². The molecule has 0 spiro atoms. The quantitative estimate of drug-likeness (QED) is 0.811. The summed E-state index contributed by atoms with van der Waals surface area (Å²) in [6.07, 6.45) is 0.974. The number of oxazole rings is 1. The lowest BCUT2D eigenvalue weighted by molar-refractivity contribution is 0.429. The fourth-order valence-corrected chi connectivity index (χ4v) is 2.63. The van der Waals surface area contributed by atoms with E-state index in [1.165, 1.54) is 12.1 Å². The summed E-state index contributed by atoms with van der Waals surface area (Å²) in [5.74, 6) is -0.540. The van der Waals surface area contributed by atoms with Crippen molar-refractivity contribution in [1.29, 1.82) is 0 Å². The Morgan fingerprint density at radius 2 is 1.90 bits per heavy atom. The van der Waals surface area contributed by atoms with Gasteiger partial charge in [-0.05, 0) is 56.3 Å². The van der Waals surface area contributed by atoms with Gasteiger partial charge in [-0.2, -0.15) is 0 Å². The van der Waals surface area contributed by atoms with Gasteiger partial charge in [0.1, 0.15) is 17.4 Å². The molecule has 1 aromatic heterocycles. The van der Waals surface area contributed by atoms with Gasteiger partial charge in [0.05, 0.1) is 10.6 Å². The molecule has 0 saturated heterocycles. The summed E-state index contributed by atoms with van der Waals surface area (Å²) in [5.41, 5.74) is 1.31. The molecule has 1 aromatic carbocycles. The first-order valence-corrected chi connectivity index (χ1v) is 7.63. The molecule has 1 heterocycles. The van der Waals surface area contributed by atoms with Crippen LogP contribution in [0.15, 0.2) is 26.7 Å². The van der Waals surface area contributed by atoms with E-state index >= 15 is 0 Å². The van der Waals surface area contributed by atoms with Crippen LogP contribution in [0.2, 0.25) is 0 Å². The normalized spacial score (nSPS) is 11.1. The maximum Gasteiger partial charge on any atom is 0.261 e. The number of hydrogen-bond acceptors (Lipinski definition) is 4. The molecule has 1 N–H and O–H groups in total. The van der Waals surface area contributed by atoms with Gasteiger partial charge in [-0.1, -0.05) is 6.92 Å². The Balaban J connectivity index is 2.16. The van der Waals surface area contributed by atoms with E-state index in [0.717, 1.165) is 30.4 Å². The minimum atomic E-state index is -0.596. The second kappa shape index (κ2) is 7.04. The highest BCUT2D eigenvalue weighted by molar-refractivity contribution is 7.99. The zero-order valence-electron chi connectivity index (χ0n) is 12.3. The summed E-state index contributed by atoms with van der Waals surface area (Å²) < 4.78 is 33.5. The van der Waals surface area contributed by atoms with Crippen molar-refractivity contribution in [2.24, 2.45) is 0 Å². The molecule has 0 radical (unpaired) electrons. The number of nitrogens with zero attached hydrogens (tertiary/aromatic N) is 1. The molecule has 0 atom stereocenters. The van der Waals surface area contributed by atoms with Gasteiger partial charge < -0.3 is 9.73 Å². The van der Waals surface area contributed by atoms with E-state index in [1.807, 2.05) is 6.92 Å². The maximum atomic E-state index is 14.1. The zero-order valence-corrected chi connectivity index (χ0v) is 13.1. The summed E-state index contributed by atoms with van der Waals surface area (Å²) in [6, 6.07) is 2.69. The van der Waals surface area contributed by atoms with Crippen LogP contribution in [0.25, 0.3) is 0 Å². The van der Waals surface area contributed by atoms with Crippen molar-refractivity contribution in [1.82, 2.24) is 10.3 Å². The van der Waals surface area contributed by atoms with Crippen molar-refractivity contribution in [2.75, 3.05) is 6.54 Å². The molecule has 0 unspecified atom stereocenters. The maximum absolute atomic E-state index is 14.1. The van der Waals surface area contributed by atoms with Crippen LogP contribution < -0.4 is 5.32 Å². The van der Waals surface area contributed by atoms with E-state index < -0.39 is 11.6 Å². The smallest absolute Gasteiger partial charge is 0.261 e. The van der Waals surface area contributed by atoms with Gasteiger partial charge >= 0.3 is 0 Å². The van der Waals surface area contributed by atoms with Gasteiger partial charge in [-0.3, -0.25) is 0 Å². The van der Waals surface area contributed by atoms with E-state index in [2.05, 4.69) is 10.3 Å². The van der Waals surface area contributed by atoms with Crippen molar-refractivity contribution in [3.63, 3.8) is 0 Å².